The van der Waals surface area contributed by atoms with E-state index >= 15 is 0 Å². The summed E-state index contributed by atoms with van der Waals surface area (Å²) in [4.78, 5) is 19.4. The minimum atomic E-state index is 0.118. The van der Waals surface area contributed by atoms with Crippen molar-refractivity contribution in [3.63, 3.8) is 0 Å². The van der Waals surface area contributed by atoms with Crippen molar-refractivity contribution in [2.75, 3.05) is 37.0 Å². The molecule has 2 aromatic rings. The van der Waals surface area contributed by atoms with Crippen LogP contribution in [0.4, 0.5) is 5.82 Å². The molecule has 110 valence electrons. The maximum absolute atomic E-state index is 12.9. The van der Waals surface area contributed by atoms with Crippen molar-refractivity contribution in [1.29, 1.82) is 0 Å². The molecule has 0 saturated carbocycles. The molecular weight excluding hydrogens is 282 g/mol. The number of fused-ring (bicyclic) bond motifs is 1. The van der Waals surface area contributed by atoms with Crippen LogP contribution in [0.1, 0.15) is 16.8 Å². The van der Waals surface area contributed by atoms with E-state index in [0.717, 1.165) is 53.3 Å². The maximum atomic E-state index is 12.9. The lowest BCUT2D eigenvalue weighted by molar-refractivity contribution is 0.0770. The number of pyridine rings is 1. The van der Waals surface area contributed by atoms with Gasteiger partial charge in [0.1, 0.15) is 5.82 Å². The van der Waals surface area contributed by atoms with Gasteiger partial charge in [-0.15, -0.1) is 0 Å². The van der Waals surface area contributed by atoms with E-state index in [-0.39, 0.29) is 5.91 Å². The van der Waals surface area contributed by atoms with Crippen LogP contribution in [0.2, 0.25) is 0 Å². The van der Waals surface area contributed by atoms with Gasteiger partial charge < -0.3 is 10.2 Å². The molecule has 1 saturated heterocycles. The topological polar surface area (TPSA) is 45.2 Å². The fourth-order valence-electron chi connectivity index (χ4n) is 2.60. The molecule has 5 heteroatoms. The Kier molecular flexibility index (Phi) is 4.29. The Morgan fingerprint density at radius 1 is 1.29 bits per heavy atom. The van der Waals surface area contributed by atoms with Gasteiger partial charge in [-0.2, -0.15) is 11.8 Å². The van der Waals surface area contributed by atoms with E-state index in [1.54, 1.807) is 0 Å². The molecule has 0 radical (unpaired) electrons. The molecule has 1 fully saturated rings. The summed E-state index contributed by atoms with van der Waals surface area (Å²) in [5.41, 5.74) is 1.61. The number of thioether (sulfide) groups is 1. The molecule has 2 heterocycles. The summed E-state index contributed by atoms with van der Waals surface area (Å²) in [7, 11) is 1.83. The van der Waals surface area contributed by atoms with Crippen LogP contribution >= 0.6 is 11.8 Å². The van der Waals surface area contributed by atoms with Crippen LogP contribution in [0, 0.1) is 0 Å². The van der Waals surface area contributed by atoms with E-state index in [1.165, 1.54) is 0 Å². The molecule has 21 heavy (non-hydrogen) atoms. The number of carbonyl (C=O) groups excluding carboxylic acids is 1. The first-order valence-corrected chi connectivity index (χ1v) is 8.39. The fraction of sp³-hybridized carbons (Fsp3) is 0.375. The number of nitrogens with zero attached hydrogens (tertiary/aromatic N) is 2. The number of benzene rings is 1. The number of nitrogens with one attached hydrogen (secondary N) is 1. The molecule has 1 aliphatic rings. The zero-order valence-corrected chi connectivity index (χ0v) is 12.9. The molecule has 0 aliphatic carbocycles. The molecule has 1 aliphatic heterocycles. The number of aromatic nitrogens is 1. The van der Waals surface area contributed by atoms with Gasteiger partial charge in [0.2, 0.25) is 0 Å². The van der Waals surface area contributed by atoms with Gasteiger partial charge in [-0.05, 0) is 24.3 Å². The molecule has 1 aromatic heterocycles. The standard InChI is InChI=1S/C16H19N3OS/c1-17-15-11-13(12-5-2-3-6-14(12)18-15)16(20)19-7-4-9-21-10-8-19/h2-3,5-6,11H,4,7-10H2,1H3,(H,17,18). The molecule has 1 aromatic carbocycles. The number of hydrogen-bond donors (Lipinski definition) is 1. The molecule has 4 nitrogen and oxygen atoms in total. The van der Waals surface area contributed by atoms with Crippen LogP contribution in [-0.2, 0) is 0 Å². The van der Waals surface area contributed by atoms with Crippen LogP contribution in [0.15, 0.2) is 30.3 Å². The minimum absolute atomic E-state index is 0.118. The van der Waals surface area contributed by atoms with E-state index in [1.807, 2.05) is 54.0 Å². The van der Waals surface area contributed by atoms with E-state index < -0.39 is 0 Å². The van der Waals surface area contributed by atoms with E-state index in [9.17, 15) is 4.79 Å². The number of para-hydroxylation sites is 1. The van der Waals surface area contributed by atoms with Gasteiger partial charge in [0, 0.05) is 31.3 Å². The predicted octanol–water partition coefficient (Wildman–Crippen LogP) is 2.86. The highest BCUT2D eigenvalue weighted by molar-refractivity contribution is 7.99. The average Bonchev–Trinajstić information content (AvgIpc) is 2.82. The second-order valence-electron chi connectivity index (χ2n) is 5.08. The average molecular weight is 301 g/mol. The van der Waals surface area contributed by atoms with Crippen molar-refractivity contribution in [1.82, 2.24) is 9.88 Å². The largest absolute Gasteiger partial charge is 0.373 e. The molecular formula is C16H19N3OS. The minimum Gasteiger partial charge on any atom is -0.373 e. The Morgan fingerprint density at radius 3 is 3.00 bits per heavy atom. The van der Waals surface area contributed by atoms with Gasteiger partial charge in [0.05, 0.1) is 11.1 Å². The fourth-order valence-corrected chi connectivity index (χ4v) is 3.49. The monoisotopic (exact) mass is 301 g/mol. The Labute approximate surface area is 128 Å². The van der Waals surface area contributed by atoms with E-state index in [4.69, 9.17) is 0 Å². The van der Waals surface area contributed by atoms with Crippen LogP contribution < -0.4 is 5.32 Å². The summed E-state index contributed by atoms with van der Waals surface area (Å²) >= 11 is 1.92. The molecule has 1 N–H and O–H groups in total. The Bertz CT molecular complexity index is 651. The highest BCUT2D eigenvalue weighted by Gasteiger charge is 2.20. The van der Waals surface area contributed by atoms with Crippen molar-refractivity contribution in [3.05, 3.63) is 35.9 Å². The lowest BCUT2D eigenvalue weighted by atomic mass is 10.1. The molecule has 0 bridgehead atoms. The Morgan fingerprint density at radius 2 is 2.14 bits per heavy atom. The summed E-state index contributed by atoms with van der Waals surface area (Å²) in [6.07, 6.45) is 1.07. The van der Waals surface area contributed by atoms with E-state index in [0.29, 0.717) is 0 Å². The molecule has 1 amide bonds. The lowest BCUT2D eigenvalue weighted by Crippen LogP contribution is -2.33. The van der Waals surface area contributed by atoms with Gasteiger partial charge >= 0.3 is 0 Å². The Balaban J connectivity index is 2.03. The number of anilines is 1. The smallest absolute Gasteiger partial charge is 0.254 e. The Hall–Kier alpha value is -1.75. The normalized spacial score (nSPS) is 15.8. The first-order valence-electron chi connectivity index (χ1n) is 7.24. The van der Waals surface area contributed by atoms with Crippen molar-refractivity contribution < 1.29 is 4.79 Å². The summed E-state index contributed by atoms with van der Waals surface area (Å²) in [5, 5.41) is 3.97. The summed E-state index contributed by atoms with van der Waals surface area (Å²) < 4.78 is 0. The SMILES string of the molecule is CNc1cc(C(=O)N2CCCSCC2)c2ccccc2n1. The molecule has 3 rings (SSSR count). The first-order chi connectivity index (χ1) is 10.3. The van der Waals surface area contributed by atoms with Crippen molar-refractivity contribution >= 4 is 34.4 Å². The highest BCUT2D eigenvalue weighted by atomic mass is 32.2. The van der Waals surface area contributed by atoms with Crippen LogP contribution in [-0.4, -0.2) is 47.4 Å². The van der Waals surface area contributed by atoms with Gasteiger partial charge in [-0.3, -0.25) is 4.79 Å². The summed E-state index contributed by atoms with van der Waals surface area (Å²) in [5.74, 6) is 3.02. The number of hydrogen-bond acceptors (Lipinski definition) is 4. The van der Waals surface area contributed by atoms with Crippen molar-refractivity contribution in [2.45, 2.75) is 6.42 Å². The third-order valence-electron chi connectivity index (χ3n) is 3.71. The second kappa shape index (κ2) is 6.35. The zero-order valence-electron chi connectivity index (χ0n) is 12.1. The number of amides is 1. The number of carbonyl (C=O) groups is 1. The van der Waals surface area contributed by atoms with Crippen molar-refractivity contribution in [3.8, 4) is 0 Å². The first kappa shape index (κ1) is 14.2. The summed E-state index contributed by atoms with van der Waals surface area (Å²) in [6.45, 7) is 1.67. The van der Waals surface area contributed by atoms with Crippen LogP contribution in [0.3, 0.4) is 0 Å². The predicted molar refractivity (Wildman–Crippen MR) is 89.1 cm³/mol. The van der Waals surface area contributed by atoms with Crippen LogP contribution in [0.5, 0.6) is 0 Å². The third-order valence-corrected chi connectivity index (χ3v) is 4.76. The molecule has 0 unspecified atom stereocenters. The summed E-state index contributed by atoms with van der Waals surface area (Å²) in [6, 6.07) is 9.69. The van der Waals surface area contributed by atoms with Crippen LogP contribution in [0.25, 0.3) is 10.9 Å². The molecule has 0 spiro atoms. The molecule has 0 atom stereocenters. The quantitative estimate of drug-likeness (QED) is 0.926. The lowest BCUT2D eigenvalue weighted by Gasteiger charge is -2.21. The third kappa shape index (κ3) is 2.97. The van der Waals surface area contributed by atoms with Gasteiger partial charge in [-0.25, -0.2) is 4.98 Å². The second-order valence-corrected chi connectivity index (χ2v) is 6.31. The maximum Gasteiger partial charge on any atom is 0.254 e. The van der Waals surface area contributed by atoms with Gasteiger partial charge in [0.15, 0.2) is 0 Å². The van der Waals surface area contributed by atoms with E-state index in [2.05, 4.69) is 10.3 Å². The number of rotatable bonds is 2. The van der Waals surface area contributed by atoms with Gasteiger partial charge in [-0.1, -0.05) is 18.2 Å². The van der Waals surface area contributed by atoms with Gasteiger partial charge in [0.25, 0.3) is 5.91 Å². The zero-order chi connectivity index (χ0) is 14.7. The van der Waals surface area contributed by atoms with Crippen molar-refractivity contribution in [2.24, 2.45) is 0 Å². The highest BCUT2D eigenvalue weighted by Crippen LogP contribution is 2.23.